The average molecular weight is 529 g/mol. The monoisotopic (exact) mass is 528 g/mol. The Bertz CT molecular complexity index is 1480. The predicted octanol–water partition coefficient (Wildman–Crippen LogP) is 6.32. The molecule has 0 saturated heterocycles. The highest BCUT2D eigenvalue weighted by Crippen LogP contribution is 2.31. The van der Waals surface area contributed by atoms with Gasteiger partial charge in [-0.05, 0) is 92.0 Å². The lowest BCUT2D eigenvalue weighted by atomic mass is 9.86. The quantitative estimate of drug-likeness (QED) is 0.220. The number of nitrogens with zero attached hydrogens (tertiary/aromatic N) is 3. The number of unbranched alkanes of at least 4 members (excludes halogenated alkanes) is 1. The van der Waals surface area contributed by atoms with Crippen molar-refractivity contribution in [2.45, 2.75) is 39.0 Å². The van der Waals surface area contributed by atoms with E-state index in [-0.39, 0.29) is 16.9 Å². The Balaban J connectivity index is 1.59. The zero-order chi connectivity index (χ0) is 28.2. The molecule has 0 radical (unpaired) electrons. The number of anilines is 3. The van der Waals surface area contributed by atoms with E-state index in [2.05, 4.69) is 66.4 Å². The number of nitrogens with two attached hydrogens (primary N) is 1. The minimum Gasteiger partial charge on any atom is -0.383 e. The molecule has 4 rings (SSSR count). The highest BCUT2D eigenvalue weighted by atomic mass is 19.1. The van der Waals surface area contributed by atoms with E-state index >= 15 is 0 Å². The van der Waals surface area contributed by atoms with Gasteiger partial charge in [-0.3, -0.25) is 4.79 Å². The lowest BCUT2D eigenvalue weighted by Gasteiger charge is -2.22. The lowest BCUT2D eigenvalue weighted by Crippen LogP contribution is -2.18. The van der Waals surface area contributed by atoms with E-state index in [1.54, 1.807) is 18.3 Å². The largest absolute Gasteiger partial charge is 0.383 e. The molecule has 0 unspecified atom stereocenters. The van der Waals surface area contributed by atoms with E-state index in [4.69, 9.17) is 5.73 Å². The number of benzene rings is 3. The first kappa shape index (κ1) is 28.0. The van der Waals surface area contributed by atoms with Gasteiger partial charge in [0.25, 0.3) is 5.91 Å². The van der Waals surface area contributed by atoms with Crippen LogP contribution < -0.4 is 16.4 Å². The summed E-state index contributed by atoms with van der Waals surface area (Å²) in [6.07, 6.45) is 3.70. The summed E-state index contributed by atoms with van der Waals surface area (Å²) in [5.74, 6) is -0.889. The summed E-state index contributed by atoms with van der Waals surface area (Å²) in [5, 5.41) is 7.22. The summed E-state index contributed by atoms with van der Waals surface area (Å²) < 4.78 is 14.9. The van der Waals surface area contributed by atoms with Crippen molar-refractivity contribution in [3.8, 4) is 11.1 Å². The Hall–Kier alpha value is -4.04. The van der Waals surface area contributed by atoms with Gasteiger partial charge in [0.2, 0.25) is 5.95 Å². The van der Waals surface area contributed by atoms with Crippen molar-refractivity contribution in [3.63, 3.8) is 0 Å². The molecule has 0 aliphatic rings. The summed E-state index contributed by atoms with van der Waals surface area (Å²) >= 11 is 0. The molecular weight excluding hydrogens is 491 g/mol. The van der Waals surface area contributed by atoms with Crippen molar-refractivity contribution in [3.05, 3.63) is 77.7 Å². The predicted molar refractivity (Wildman–Crippen MR) is 159 cm³/mol. The van der Waals surface area contributed by atoms with Crippen molar-refractivity contribution >= 4 is 34.1 Å². The second kappa shape index (κ2) is 11.8. The molecule has 4 aromatic rings. The molecule has 0 bridgehead atoms. The van der Waals surface area contributed by atoms with Gasteiger partial charge in [-0.25, -0.2) is 14.4 Å². The molecule has 4 N–H and O–H groups in total. The number of nitrogen functional groups attached to an aromatic ring is 1. The first-order chi connectivity index (χ1) is 18.5. The van der Waals surface area contributed by atoms with Crippen LogP contribution in [0.1, 0.15) is 49.5 Å². The van der Waals surface area contributed by atoms with E-state index in [0.717, 1.165) is 48.1 Å². The molecule has 39 heavy (non-hydrogen) atoms. The van der Waals surface area contributed by atoms with Gasteiger partial charge >= 0.3 is 0 Å². The Morgan fingerprint density at radius 1 is 0.974 bits per heavy atom. The van der Waals surface area contributed by atoms with E-state index in [1.807, 2.05) is 30.3 Å². The Kier molecular flexibility index (Phi) is 8.45. The number of halogens is 1. The van der Waals surface area contributed by atoms with Gasteiger partial charge < -0.3 is 21.3 Å². The second-order valence-corrected chi connectivity index (χ2v) is 11.1. The number of aromatic nitrogens is 2. The van der Waals surface area contributed by atoms with Crippen molar-refractivity contribution in [2.24, 2.45) is 0 Å². The molecule has 0 aliphatic heterocycles. The van der Waals surface area contributed by atoms with Crippen LogP contribution in [0, 0.1) is 5.82 Å². The number of rotatable bonds is 9. The maximum atomic E-state index is 14.9. The third kappa shape index (κ3) is 7.09. The van der Waals surface area contributed by atoms with Gasteiger partial charge in [0.15, 0.2) is 0 Å². The molecule has 0 spiro atoms. The van der Waals surface area contributed by atoms with E-state index in [0.29, 0.717) is 16.8 Å². The number of nitrogens with one attached hydrogen (secondary N) is 2. The SMILES string of the molecule is CN(C)CCCCNc1ccc(C(C)(C)C)cc1NC(=O)c1cc(-c2ccc3nc(N)ncc3c2)ccc1F. The maximum absolute atomic E-state index is 14.9. The topological polar surface area (TPSA) is 96.2 Å². The molecule has 8 heteroatoms. The minimum atomic E-state index is -0.585. The van der Waals surface area contributed by atoms with Crippen molar-refractivity contribution in [2.75, 3.05) is 43.6 Å². The number of carbonyl (C=O) groups excluding carboxylic acids is 1. The number of fused-ring (bicyclic) bond motifs is 1. The van der Waals surface area contributed by atoms with Crippen LogP contribution in [-0.2, 0) is 5.41 Å². The zero-order valence-electron chi connectivity index (χ0n) is 23.3. The second-order valence-electron chi connectivity index (χ2n) is 11.1. The van der Waals surface area contributed by atoms with Gasteiger partial charge in [-0.2, -0.15) is 0 Å². The standard InChI is InChI=1S/C31H37FN6O/c1-31(2,3)23-10-13-27(34-14-6-7-15-38(4)5)28(18-23)36-29(39)24-17-21(8-11-25(24)32)20-9-12-26-22(16-20)19-35-30(33)37-26/h8-13,16-19,34H,6-7,14-15H2,1-5H3,(H,36,39)(H2,33,35,37). The molecule has 0 fully saturated rings. The van der Waals surface area contributed by atoms with Gasteiger partial charge in [0.1, 0.15) is 5.82 Å². The van der Waals surface area contributed by atoms with Crippen LogP contribution in [0.5, 0.6) is 0 Å². The summed E-state index contributed by atoms with van der Waals surface area (Å²) in [7, 11) is 4.12. The molecule has 1 heterocycles. The number of amides is 1. The molecular formula is C31H37FN6O. The molecule has 1 amide bonds. The number of carbonyl (C=O) groups is 1. The summed E-state index contributed by atoms with van der Waals surface area (Å²) in [6.45, 7) is 8.14. The Morgan fingerprint density at radius 3 is 2.46 bits per heavy atom. The van der Waals surface area contributed by atoms with Gasteiger partial charge in [-0.15, -0.1) is 0 Å². The summed E-state index contributed by atoms with van der Waals surface area (Å²) in [5.41, 5.74) is 10.3. The molecule has 204 valence electrons. The molecule has 0 aliphatic carbocycles. The number of hydrogen-bond donors (Lipinski definition) is 3. The summed E-state index contributed by atoms with van der Waals surface area (Å²) in [4.78, 5) is 23.9. The average Bonchev–Trinajstić information content (AvgIpc) is 2.88. The highest BCUT2D eigenvalue weighted by molar-refractivity contribution is 6.07. The first-order valence-electron chi connectivity index (χ1n) is 13.2. The highest BCUT2D eigenvalue weighted by Gasteiger charge is 2.19. The van der Waals surface area contributed by atoms with E-state index in [9.17, 15) is 9.18 Å². The van der Waals surface area contributed by atoms with Crippen LogP contribution >= 0.6 is 0 Å². The lowest BCUT2D eigenvalue weighted by molar-refractivity contribution is 0.102. The van der Waals surface area contributed by atoms with Gasteiger partial charge in [0, 0.05) is 18.1 Å². The molecule has 3 aromatic carbocycles. The fourth-order valence-electron chi connectivity index (χ4n) is 4.34. The summed E-state index contributed by atoms with van der Waals surface area (Å²) in [6, 6.07) is 16.2. The van der Waals surface area contributed by atoms with Crippen LogP contribution in [0.3, 0.4) is 0 Å². The minimum absolute atomic E-state index is 0.0285. The third-order valence-electron chi connectivity index (χ3n) is 6.62. The van der Waals surface area contributed by atoms with Crippen molar-refractivity contribution in [1.29, 1.82) is 0 Å². The van der Waals surface area contributed by atoms with Crippen molar-refractivity contribution in [1.82, 2.24) is 14.9 Å². The maximum Gasteiger partial charge on any atom is 0.258 e. The van der Waals surface area contributed by atoms with Crippen LogP contribution in [0.2, 0.25) is 0 Å². The van der Waals surface area contributed by atoms with E-state index < -0.39 is 11.7 Å². The molecule has 0 saturated carbocycles. The van der Waals surface area contributed by atoms with Crippen LogP contribution in [0.15, 0.2) is 60.8 Å². The van der Waals surface area contributed by atoms with Gasteiger partial charge in [0.05, 0.1) is 22.5 Å². The normalized spacial score (nSPS) is 11.7. The molecule has 1 aromatic heterocycles. The number of hydrogen-bond acceptors (Lipinski definition) is 6. The van der Waals surface area contributed by atoms with Crippen LogP contribution in [0.4, 0.5) is 21.7 Å². The molecule has 7 nitrogen and oxygen atoms in total. The third-order valence-corrected chi connectivity index (χ3v) is 6.62. The zero-order valence-corrected chi connectivity index (χ0v) is 23.3. The van der Waals surface area contributed by atoms with Crippen LogP contribution in [-0.4, -0.2) is 48.0 Å². The van der Waals surface area contributed by atoms with Crippen molar-refractivity contribution < 1.29 is 9.18 Å². The smallest absolute Gasteiger partial charge is 0.258 e. The van der Waals surface area contributed by atoms with Gasteiger partial charge in [-0.1, -0.05) is 39.0 Å². The van der Waals surface area contributed by atoms with Crippen LogP contribution in [0.25, 0.3) is 22.0 Å². The Labute approximate surface area is 229 Å². The fraction of sp³-hybridized carbons (Fsp3) is 0.323. The van der Waals surface area contributed by atoms with E-state index in [1.165, 1.54) is 6.07 Å². The first-order valence-corrected chi connectivity index (χ1v) is 13.2. The fourth-order valence-corrected chi connectivity index (χ4v) is 4.34. The Morgan fingerprint density at radius 2 is 1.72 bits per heavy atom. The molecule has 0 atom stereocenters.